The lowest BCUT2D eigenvalue weighted by atomic mass is 10.2. The Morgan fingerprint density at radius 2 is 2.50 bits per heavy atom. The zero-order chi connectivity index (χ0) is 8.81. The van der Waals surface area contributed by atoms with Crippen molar-refractivity contribution in [3.05, 3.63) is 36.3 Å². The smallest absolute Gasteiger partial charge is 0.162 e. The Morgan fingerprint density at radius 3 is 3.08 bits per heavy atom. The lowest BCUT2D eigenvalue weighted by Crippen LogP contribution is -1.96. The van der Waals surface area contributed by atoms with E-state index in [-0.39, 0.29) is 5.78 Å². The summed E-state index contributed by atoms with van der Waals surface area (Å²) < 4.78 is 5.03. The van der Waals surface area contributed by atoms with Gasteiger partial charge >= 0.3 is 0 Å². The van der Waals surface area contributed by atoms with Crippen molar-refractivity contribution in [3.8, 4) is 0 Å². The van der Waals surface area contributed by atoms with Gasteiger partial charge in [-0.1, -0.05) is 13.0 Å². The van der Waals surface area contributed by atoms with Crippen molar-refractivity contribution in [1.29, 1.82) is 0 Å². The third-order valence-corrected chi connectivity index (χ3v) is 1.47. The molecule has 2 heteroatoms. The first-order valence-corrected chi connectivity index (χ1v) is 4.04. The van der Waals surface area contributed by atoms with E-state index in [1.165, 1.54) is 0 Å². The third-order valence-electron chi connectivity index (χ3n) is 1.47. The summed E-state index contributed by atoms with van der Waals surface area (Å²) >= 11 is 0. The van der Waals surface area contributed by atoms with E-state index >= 15 is 0 Å². The second-order valence-corrected chi connectivity index (χ2v) is 2.53. The predicted molar refractivity (Wildman–Crippen MR) is 46.9 cm³/mol. The van der Waals surface area contributed by atoms with Crippen molar-refractivity contribution in [2.75, 3.05) is 0 Å². The molecule has 0 spiro atoms. The van der Waals surface area contributed by atoms with Crippen LogP contribution in [0.25, 0.3) is 0 Å². The van der Waals surface area contributed by atoms with Gasteiger partial charge in [0.15, 0.2) is 5.78 Å². The van der Waals surface area contributed by atoms with Crippen LogP contribution in [0.15, 0.2) is 35.0 Å². The summed E-state index contributed by atoms with van der Waals surface area (Å²) in [5, 5.41) is 0. The Bertz CT molecular complexity index is 257. The van der Waals surface area contributed by atoms with Gasteiger partial charge in [0.1, 0.15) is 5.76 Å². The zero-order valence-corrected chi connectivity index (χ0v) is 7.12. The van der Waals surface area contributed by atoms with E-state index in [4.69, 9.17) is 4.42 Å². The van der Waals surface area contributed by atoms with Crippen molar-refractivity contribution in [1.82, 2.24) is 0 Å². The van der Waals surface area contributed by atoms with Crippen LogP contribution in [0.2, 0.25) is 0 Å². The lowest BCUT2D eigenvalue weighted by molar-refractivity contribution is -0.114. The van der Waals surface area contributed by atoms with Gasteiger partial charge in [-0.3, -0.25) is 4.79 Å². The Kier molecular flexibility index (Phi) is 3.33. The van der Waals surface area contributed by atoms with Gasteiger partial charge < -0.3 is 4.42 Å². The Morgan fingerprint density at radius 1 is 1.67 bits per heavy atom. The van der Waals surface area contributed by atoms with Gasteiger partial charge in [-0.25, -0.2) is 0 Å². The first kappa shape index (κ1) is 8.78. The maximum Gasteiger partial charge on any atom is 0.162 e. The topological polar surface area (TPSA) is 30.2 Å². The first-order chi connectivity index (χ1) is 5.83. The number of hydrogen-bond acceptors (Lipinski definition) is 2. The second-order valence-electron chi connectivity index (χ2n) is 2.53. The quantitative estimate of drug-likeness (QED) is 0.639. The fourth-order valence-electron chi connectivity index (χ4n) is 0.893. The molecule has 1 aromatic heterocycles. The molecule has 64 valence electrons. The van der Waals surface area contributed by atoms with Gasteiger partial charge in [-0.05, 0) is 24.6 Å². The average molecular weight is 164 g/mol. The van der Waals surface area contributed by atoms with E-state index in [2.05, 4.69) is 0 Å². The van der Waals surface area contributed by atoms with E-state index in [0.29, 0.717) is 6.42 Å². The molecular formula is C10H12O2. The van der Waals surface area contributed by atoms with Crippen LogP contribution in [0, 0.1) is 0 Å². The minimum atomic E-state index is 0.0896. The standard InChI is InChI=1S/C10H12O2/c1-2-3-5-9(11)8-10-6-4-7-12-10/h3-7H,2,8H2,1H3/b5-3+. The van der Waals surface area contributed by atoms with Gasteiger partial charge in [0.05, 0.1) is 12.7 Å². The van der Waals surface area contributed by atoms with E-state index in [1.54, 1.807) is 24.5 Å². The van der Waals surface area contributed by atoms with Crippen molar-refractivity contribution in [3.63, 3.8) is 0 Å². The number of allylic oxidation sites excluding steroid dienone is 2. The van der Waals surface area contributed by atoms with Crippen LogP contribution >= 0.6 is 0 Å². The molecule has 1 heterocycles. The zero-order valence-electron chi connectivity index (χ0n) is 7.12. The van der Waals surface area contributed by atoms with Crippen LogP contribution in [-0.4, -0.2) is 5.78 Å². The highest BCUT2D eigenvalue weighted by Crippen LogP contribution is 2.01. The van der Waals surface area contributed by atoms with Crippen LogP contribution in [0.5, 0.6) is 0 Å². The molecule has 0 aliphatic rings. The largest absolute Gasteiger partial charge is 0.469 e. The van der Waals surface area contributed by atoms with Crippen LogP contribution in [-0.2, 0) is 11.2 Å². The number of ketones is 1. The minimum absolute atomic E-state index is 0.0896. The molecule has 0 atom stereocenters. The maximum absolute atomic E-state index is 11.1. The van der Waals surface area contributed by atoms with E-state index < -0.39 is 0 Å². The summed E-state index contributed by atoms with van der Waals surface area (Å²) in [6.07, 6.45) is 6.29. The fourth-order valence-corrected chi connectivity index (χ4v) is 0.893. The molecule has 0 aromatic carbocycles. The van der Waals surface area contributed by atoms with E-state index in [9.17, 15) is 4.79 Å². The molecule has 0 aliphatic heterocycles. The van der Waals surface area contributed by atoms with Gasteiger partial charge in [-0.15, -0.1) is 0 Å². The van der Waals surface area contributed by atoms with Gasteiger partial charge in [0.25, 0.3) is 0 Å². The number of furan rings is 1. The van der Waals surface area contributed by atoms with Crippen molar-refractivity contribution in [2.24, 2.45) is 0 Å². The number of rotatable bonds is 4. The monoisotopic (exact) mass is 164 g/mol. The highest BCUT2D eigenvalue weighted by atomic mass is 16.3. The molecule has 0 unspecified atom stereocenters. The summed E-state index contributed by atoms with van der Waals surface area (Å²) in [4.78, 5) is 11.1. The normalized spacial score (nSPS) is 10.8. The molecular weight excluding hydrogens is 152 g/mol. The molecule has 0 amide bonds. The van der Waals surface area contributed by atoms with E-state index in [0.717, 1.165) is 12.2 Å². The predicted octanol–water partition coefficient (Wildman–Crippen LogP) is 2.36. The summed E-state index contributed by atoms with van der Waals surface area (Å²) in [7, 11) is 0. The first-order valence-electron chi connectivity index (χ1n) is 4.04. The highest BCUT2D eigenvalue weighted by molar-refractivity contribution is 5.90. The SMILES string of the molecule is CC/C=C/C(=O)Cc1ccco1. The van der Waals surface area contributed by atoms with Gasteiger partial charge in [0, 0.05) is 0 Å². The second kappa shape index (κ2) is 4.54. The van der Waals surface area contributed by atoms with Crippen molar-refractivity contribution in [2.45, 2.75) is 19.8 Å². The molecule has 0 fully saturated rings. The molecule has 12 heavy (non-hydrogen) atoms. The highest BCUT2D eigenvalue weighted by Gasteiger charge is 2.00. The molecule has 0 saturated heterocycles. The average Bonchev–Trinajstić information content (AvgIpc) is 2.53. The van der Waals surface area contributed by atoms with Crippen molar-refractivity contribution < 1.29 is 9.21 Å². The maximum atomic E-state index is 11.1. The van der Waals surface area contributed by atoms with Crippen LogP contribution < -0.4 is 0 Å². The molecule has 2 nitrogen and oxygen atoms in total. The Balaban J connectivity index is 2.42. The molecule has 1 rings (SSSR count). The summed E-state index contributed by atoms with van der Waals surface area (Å²) in [5.74, 6) is 0.813. The Hall–Kier alpha value is -1.31. The summed E-state index contributed by atoms with van der Waals surface area (Å²) in [6.45, 7) is 2.00. The van der Waals surface area contributed by atoms with Crippen molar-refractivity contribution >= 4 is 5.78 Å². The fraction of sp³-hybridized carbons (Fsp3) is 0.300. The molecule has 0 radical (unpaired) electrons. The molecule has 0 saturated carbocycles. The van der Waals surface area contributed by atoms with Crippen LogP contribution in [0.1, 0.15) is 19.1 Å². The minimum Gasteiger partial charge on any atom is -0.469 e. The Labute approximate surface area is 71.9 Å². The molecule has 0 N–H and O–H groups in total. The number of carbonyl (C=O) groups is 1. The molecule has 0 bridgehead atoms. The molecule has 1 aromatic rings. The summed E-state index contributed by atoms with van der Waals surface area (Å²) in [6, 6.07) is 3.59. The van der Waals surface area contributed by atoms with Gasteiger partial charge in [0.2, 0.25) is 0 Å². The van der Waals surface area contributed by atoms with Gasteiger partial charge in [-0.2, -0.15) is 0 Å². The number of carbonyl (C=O) groups excluding carboxylic acids is 1. The van der Waals surface area contributed by atoms with Crippen LogP contribution in [0.3, 0.4) is 0 Å². The molecule has 0 aliphatic carbocycles. The summed E-state index contributed by atoms with van der Waals surface area (Å²) in [5.41, 5.74) is 0. The lowest BCUT2D eigenvalue weighted by Gasteiger charge is -1.89. The number of hydrogen-bond donors (Lipinski definition) is 0. The third kappa shape index (κ3) is 2.74. The van der Waals surface area contributed by atoms with Crippen LogP contribution in [0.4, 0.5) is 0 Å². The van der Waals surface area contributed by atoms with E-state index in [1.807, 2.05) is 13.0 Å².